The van der Waals surface area contributed by atoms with E-state index >= 15 is 0 Å². The largest absolute Gasteiger partial charge is 0.0616 e. The third-order valence-corrected chi connectivity index (χ3v) is 11.0. The predicted molar refractivity (Wildman–Crippen MR) is 210 cm³/mol. The van der Waals surface area contributed by atoms with Crippen molar-refractivity contribution in [3.8, 4) is 44.5 Å². The number of rotatable bonds is 3. The summed E-state index contributed by atoms with van der Waals surface area (Å²) < 4.78 is 0. The minimum absolute atomic E-state index is 0.145. The molecule has 0 heterocycles. The fourth-order valence-corrected chi connectivity index (χ4v) is 8.53. The summed E-state index contributed by atoms with van der Waals surface area (Å²) in [4.78, 5) is 0. The van der Waals surface area contributed by atoms with E-state index in [-0.39, 0.29) is 5.41 Å². The molecule has 0 saturated carbocycles. The van der Waals surface area contributed by atoms with Gasteiger partial charge in [0.05, 0.1) is 0 Å². The summed E-state index contributed by atoms with van der Waals surface area (Å²) >= 11 is 0. The van der Waals surface area contributed by atoms with Crippen LogP contribution in [0.5, 0.6) is 0 Å². The Labute approximate surface area is 286 Å². The second kappa shape index (κ2) is 10.5. The van der Waals surface area contributed by atoms with Gasteiger partial charge >= 0.3 is 0 Å². The quantitative estimate of drug-likeness (QED) is 0.172. The SMILES string of the molecule is CC1(C)c2cc(-c3cc4ccccc4cc3-c3cc4ccccc4c4ccccc34)ccc2-c2ccc(-c3cccc4ccccc34)cc21. The normalized spacial score (nSPS) is 13.3. The minimum atomic E-state index is -0.145. The molecule has 0 saturated heterocycles. The third kappa shape index (κ3) is 4.24. The van der Waals surface area contributed by atoms with Gasteiger partial charge < -0.3 is 0 Å². The van der Waals surface area contributed by atoms with E-state index in [1.54, 1.807) is 0 Å². The van der Waals surface area contributed by atoms with Crippen molar-refractivity contribution in [3.63, 3.8) is 0 Å². The summed E-state index contributed by atoms with van der Waals surface area (Å²) in [6, 6.07) is 63.3. The van der Waals surface area contributed by atoms with Crippen LogP contribution in [0.25, 0.3) is 87.6 Å². The standard InChI is InChI=1S/C49H34/c1-49(2)47-29-35(38-21-11-16-31-12-5-7-17-37(31)38)22-24-42(47)43-25-23-36(30-48(43)49)44-26-32-13-3-4-14-33(32)27-46(44)45-28-34-15-6-8-18-39(34)40-19-9-10-20-41(40)45/h3-30H,1-2H3. The fourth-order valence-electron chi connectivity index (χ4n) is 8.53. The highest BCUT2D eigenvalue weighted by atomic mass is 14.4. The van der Waals surface area contributed by atoms with E-state index in [1.807, 2.05) is 0 Å². The summed E-state index contributed by atoms with van der Waals surface area (Å²) in [6.45, 7) is 4.79. The predicted octanol–water partition coefficient (Wildman–Crippen LogP) is 13.6. The maximum absolute atomic E-state index is 2.48. The maximum atomic E-state index is 2.48. The van der Waals surface area contributed by atoms with Gasteiger partial charge in [-0.15, -0.1) is 0 Å². The topological polar surface area (TPSA) is 0 Å². The zero-order valence-corrected chi connectivity index (χ0v) is 27.7. The molecule has 0 bridgehead atoms. The van der Waals surface area contributed by atoms with E-state index in [2.05, 4.69) is 184 Å². The second-order valence-corrected chi connectivity index (χ2v) is 14.1. The average Bonchev–Trinajstić information content (AvgIpc) is 3.38. The highest BCUT2D eigenvalue weighted by molar-refractivity contribution is 6.15. The smallest absolute Gasteiger partial charge is 0.0159 e. The first-order chi connectivity index (χ1) is 24.0. The molecular weight excluding hydrogens is 589 g/mol. The molecule has 49 heavy (non-hydrogen) atoms. The van der Waals surface area contributed by atoms with Gasteiger partial charge in [-0.1, -0.05) is 153 Å². The molecule has 9 aromatic rings. The molecular formula is C49H34. The van der Waals surface area contributed by atoms with E-state index in [0.29, 0.717) is 0 Å². The first kappa shape index (κ1) is 28.1. The lowest BCUT2D eigenvalue weighted by Gasteiger charge is -2.23. The molecule has 0 aromatic heterocycles. The van der Waals surface area contributed by atoms with Gasteiger partial charge in [0.15, 0.2) is 0 Å². The molecule has 0 unspecified atom stereocenters. The van der Waals surface area contributed by atoms with Gasteiger partial charge in [0.25, 0.3) is 0 Å². The highest BCUT2D eigenvalue weighted by Crippen LogP contribution is 2.52. The fraction of sp³-hybridized carbons (Fsp3) is 0.0612. The number of hydrogen-bond acceptors (Lipinski definition) is 0. The van der Waals surface area contributed by atoms with Gasteiger partial charge in [-0.3, -0.25) is 0 Å². The van der Waals surface area contributed by atoms with Crippen LogP contribution >= 0.6 is 0 Å². The monoisotopic (exact) mass is 622 g/mol. The Morgan fingerprint density at radius 2 is 0.776 bits per heavy atom. The molecule has 9 aromatic carbocycles. The molecule has 10 rings (SSSR count). The summed E-state index contributed by atoms with van der Waals surface area (Å²) in [5.74, 6) is 0. The maximum Gasteiger partial charge on any atom is 0.0159 e. The Morgan fingerprint density at radius 3 is 1.47 bits per heavy atom. The highest BCUT2D eigenvalue weighted by Gasteiger charge is 2.36. The molecule has 0 radical (unpaired) electrons. The first-order valence-electron chi connectivity index (χ1n) is 17.3. The van der Waals surface area contributed by atoms with Gasteiger partial charge in [-0.05, 0) is 129 Å². The molecule has 0 spiro atoms. The van der Waals surface area contributed by atoms with Crippen molar-refractivity contribution >= 4 is 43.1 Å². The molecule has 0 aliphatic heterocycles. The van der Waals surface area contributed by atoms with Crippen molar-refractivity contribution in [3.05, 3.63) is 181 Å². The molecule has 1 aliphatic carbocycles. The van der Waals surface area contributed by atoms with Crippen molar-refractivity contribution in [1.82, 2.24) is 0 Å². The molecule has 0 heteroatoms. The molecule has 0 atom stereocenters. The van der Waals surface area contributed by atoms with E-state index in [0.717, 1.165) is 0 Å². The van der Waals surface area contributed by atoms with Crippen LogP contribution in [0.1, 0.15) is 25.0 Å². The second-order valence-electron chi connectivity index (χ2n) is 14.1. The van der Waals surface area contributed by atoms with Crippen LogP contribution in [0.15, 0.2) is 170 Å². The number of fused-ring (bicyclic) bond motifs is 8. The van der Waals surface area contributed by atoms with E-state index in [9.17, 15) is 0 Å². The molecule has 0 fully saturated rings. The number of hydrogen-bond donors (Lipinski definition) is 0. The summed E-state index contributed by atoms with van der Waals surface area (Å²) in [6.07, 6.45) is 0. The van der Waals surface area contributed by atoms with Crippen LogP contribution in [-0.2, 0) is 5.41 Å². The first-order valence-corrected chi connectivity index (χ1v) is 17.3. The number of benzene rings is 9. The van der Waals surface area contributed by atoms with E-state index in [1.165, 1.54) is 98.7 Å². The van der Waals surface area contributed by atoms with Crippen molar-refractivity contribution in [2.75, 3.05) is 0 Å². The Bertz CT molecular complexity index is 2790. The van der Waals surface area contributed by atoms with Crippen LogP contribution in [0.3, 0.4) is 0 Å². The van der Waals surface area contributed by atoms with Crippen LogP contribution in [-0.4, -0.2) is 0 Å². The lowest BCUT2D eigenvalue weighted by Crippen LogP contribution is -2.15. The van der Waals surface area contributed by atoms with Gasteiger partial charge in [-0.2, -0.15) is 0 Å². The van der Waals surface area contributed by atoms with Gasteiger partial charge in [0.2, 0.25) is 0 Å². The third-order valence-electron chi connectivity index (χ3n) is 11.0. The lowest BCUT2D eigenvalue weighted by atomic mass is 9.80. The Kier molecular flexibility index (Phi) is 6.02. The van der Waals surface area contributed by atoms with Crippen molar-refractivity contribution in [1.29, 1.82) is 0 Å². The molecule has 0 amide bonds. The van der Waals surface area contributed by atoms with Crippen LogP contribution in [0, 0.1) is 0 Å². The Morgan fingerprint density at radius 1 is 0.286 bits per heavy atom. The summed E-state index contributed by atoms with van der Waals surface area (Å²) in [5.41, 5.74) is 13.0. The van der Waals surface area contributed by atoms with Crippen LogP contribution in [0.4, 0.5) is 0 Å². The zero-order chi connectivity index (χ0) is 32.7. The van der Waals surface area contributed by atoms with Crippen LogP contribution in [0.2, 0.25) is 0 Å². The summed E-state index contributed by atoms with van der Waals surface area (Å²) in [7, 11) is 0. The van der Waals surface area contributed by atoms with Crippen LogP contribution < -0.4 is 0 Å². The van der Waals surface area contributed by atoms with Crippen molar-refractivity contribution in [2.24, 2.45) is 0 Å². The molecule has 1 aliphatic rings. The Hall–Kier alpha value is -5.98. The average molecular weight is 623 g/mol. The van der Waals surface area contributed by atoms with Gasteiger partial charge in [0, 0.05) is 5.41 Å². The minimum Gasteiger partial charge on any atom is -0.0616 e. The van der Waals surface area contributed by atoms with E-state index in [4.69, 9.17) is 0 Å². The van der Waals surface area contributed by atoms with E-state index < -0.39 is 0 Å². The summed E-state index contributed by atoms with van der Waals surface area (Å²) in [5, 5.41) is 10.2. The molecule has 230 valence electrons. The molecule has 0 nitrogen and oxygen atoms in total. The van der Waals surface area contributed by atoms with Gasteiger partial charge in [-0.25, -0.2) is 0 Å². The molecule has 0 N–H and O–H groups in total. The van der Waals surface area contributed by atoms with Gasteiger partial charge in [0.1, 0.15) is 0 Å². The lowest BCUT2D eigenvalue weighted by molar-refractivity contribution is 0.661. The zero-order valence-electron chi connectivity index (χ0n) is 27.7. The van der Waals surface area contributed by atoms with Crippen molar-refractivity contribution in [2.45, 2.75) is 19.3 Å². The van der Waals surface area contributed by atoms with Crippen molar-refractivity contribution < 1.29 is 0 Å². The Balaban J connectivity index is 1.17.